The van der Waals surface area contributed by atoms with Crippen molar-refractivity contribution in [2.75, 3.05) is 6.54 Å². The summed E-state index contributed by atoms with van der Waals surface area (Å²) in [6, 6.07) is 8.50. The first-order valence-electron chi connectivity index (χ1n) is 6.93. The van der Waals surface area contributed by atoms with Gasteiger partial charge in [0, 0.05) is 24.8 Å². The lowest BCUT2D eigenvalue weighted by Crippen LogP contribution is -2.25. The first-order chi connectivity index (χ1) is 9.74. The predicted molar refractivity (Wildman–Crippen MR) is 82.9 cm³/mol. The van der Waals surface area contributed by atoms with E-state index in [4.69, 9.17) is 0 Å². The Bertz CT molecular complexity index is 520. The van der Waals surface area contributed by atoms with E-state index >= 15 is 0 Å². The number of aromatic nitrogens is 1. The maximum absolute atomic E-state index is 11.7. The normalized spacial score (nSPS) is 10.4. The van der Waals surface area contributed by atoms with Crippen LogP contribution in [-0.4, -0.2) is 17.4 Å². The maximum atomic E-state index is 11.7. The molecule has 1 heterocycles. The summed E-state index contributed by atoms with van der Waals surface area (Å²) in [6.45, 7) is 2.76. The zero-order valence-corrected chi connectivity index (χ0v) is 12.6. The van der Waals surface area contributed by atoms with Gasteiger partial charge in [-0.1, -0.05) is 29.8 Å². The van der Waals surface area contributed by atoms with Crippen LogP contribution in [0.1, 0.15) is 29.7 Å². The zero-order valence-electron chi connectivity index (χ0n) is 11.8. The van der Waals surface area contributed by atoms with Crippen LogP contribution in [0, 0.1) is 6.92 Å². The van der Waals surface area contributed by atoms with Gasteiger partial charge in [-0.2, -0.15) is 0 Å². The van der Waals surface area contributed by atoms with Gasteiger partial charge >= 0.3 is 0 Å². The van der Waals surface area contributed by atoms with Gasteiger partial charge < -0.3 is 5.32 Å². The van der Waals surface area contributed by atoms with Crippen molar-refractivity contribution in [1.29, 1.82) is 0 Å². The van der Waals surface area contributed by atoms with E-state index < -0.39 is 0 Å². The number of thiazole rings is 1. The van der Waals surface area contributed by atoms with E-state index in [9.17, 15) is 4.79 Å². The second-order valence-electron chi connectivity index (χ2n) is 4.92. The molecule has 0 aliphatic carbocycles. The van der Waals surface area contributed by atoms with Crippen molar-refractivity contribution in [2.45, 2.75) is 32.6 Å². The molecular formula is C16H20N2OS. The monoisotopic (exact) mass is 288 g/mol. The lowest BCUT2D eigenvalue weighted by atomic mass is 10.1. The molecule has 1 N–H and O–H groups in total. The SMILES string of the molecule is Cc1ccc(CCCC(=O)NCCc2cscn2)cc1. The zero-order chi connectivity index (χ0) is 14.2. The predicted octanol–water partition coefficient (Wildman–Crippen LogP) is 3.13. The Kier molecular flexibility index (Phi) is 5.74. The molecule has 0 aliphatic heterocycles. The number of nitrogens with one attached hydrogen (secondary N) is 1. The summed E-state index contributed by atoms with van der Waals surface area (Å²) < 4.78 is 0. The molecule has 3 nitrogen and oxygen atoms in total. The van der Waals surface area contributed by atoms with Gasteiger partial charge in [-0.15, -0.1) is 11.3 Å². The van der Waals surface area contributed by atoms with Crippen LogP contribution in [0.2, 0.25) is 0 Å². The van der Waals surface area contributed by atoms with E-state index in [-0.39, 0.29) is 5.91 Å². The minimum Gasteiger partial charge on any atom is -0.356 e. The van der Waals surface area contributed by atoms with Crippen molar-refractivity contribution in [3.05, 3.63) is 52.0 Å². The summed E-state index contributed by atoms with van der Waals surface area (Å²) >= 11 is 1.59. The van der Waals surface area contributed by atoms with E-state index in [0.717, 1.165) is 25.0 Å². The molecule has 1 amide bonds. The van der Waals surface area contributed by atoms with Crippen molar-refractivity contribution in [3.8, 4) is 0 Å². The van der Waals surface area contributed by atoms with Crippen molar-refractivity contribution < 1.29 is 4.79 Å². The molecule has 106 valence electrons. The standard InChI is InChI=1S/C16H20N2OS/c1-13-5-7-14(8-6-13)3-2-4-16(19)17-10-9-15-11-20-12-18-15/h5-8,11-12H,2-4,9-10H2,1H3,(H,17,19). The number of amides is 1. The Labute approximate surface area is 124 Å². The van der Waals surface area contributed by atoms with E-state index in [1.165, 1.54) is 11.1 Å². The third-order valence-corrected chi connectivity index (χ3v) is 3.81. The number of nitrogens with zero attached hydrogens (tertiary/aromatic N) is 1. The van der Waals surface area contributed by atoms with Gasteiger partial charge in [-0.05, 0) is 25.3 Å². The van der Waals surface area contributed by atoms with Gasteiger partial charge in [-0.3, -0.25) is 4.79 Å². The summed E-state index contributed by atoms with van der Waals surface area (Å²) in [5, 5.41) is 4.96. The number of rotatable bonds is 7. The first kappa shape index (κ1) is 14.7. The quantitative estimate of drug-likeness (QED) is 0.850. The molecule has 2 aromatic rings. The van der Waals surface area contributed by atoms with Crippen LogP contribution in [0.15, 0.2) is 35.2 Å². The van der Waals surface area contributed by atoms with E-state index in [1.807, 2.05) is 10.9 Å². The summed E-state index contributed by atoms with van der Waals surface area (Å²) in [7, 11) is 0. The molecule has 0 saturated heterocycles. The molecule has 1 aromatic heterocycles. The number of hydrogen-bond donors (Lipinski definition) is 1. The molecule has 0 bridgehead atoms. The van der Waals surface area contributed by atoms with Gasteiger partial charge in [0.05, 0.1) is 11.2 Å². The lowest BCUT2D eigenvalue weighted by molar-refractivity contribution is -0.121. The number of carbonyl (C=O) groups excluding carboxylic acids is 1. The maximum Gasteiger partial charge on any atom is 0.220 e. The van der Waals surface area contributed by atoms with Gasteiger partial charge in [0.2, 0.25) is 5.91 Å². The lowest BCUT2D eigenvalue weighted by Gasteiger charge is -2.04. The van der Waals surface area contributed by atoms with Gasteiger partial charge in [0.1, 0.15) is 0 Å². The van der Waals surface area contributed by atoms with E-state index in [0.29, 0.717) is 13.0 Å². The average molecular weight is 288 g/mol. The highest BCUT2D eigenvalue weighted by Crippen LogP contribution is 2.07. The fourth-order valence-electron chi connectivity index (χ4n) is 1.99. The molecule has 0 spiro atoms. The molecular weight excluding hydrogens is 268 g/mol. The largest absolute Gasteiger partial charge is 0.356 e. The van der Waals surface area contributed by atoms with Crippen molar-refractivity contribution >= 4 is 17.2 Å². The molecule has 0 unspecified atom stereocenters. The third kappa shape index (κ3) is 5.13. The molecule has 4 heteroatoms. The Morgan fingerprint density at radius 2 is 2.05 bits per heavy atom. The minimum atomic E-state index is 0.132. The summed E-state index contributed by atoms with van der Waals surface area (Å²) in [5.41, 5.74) is 5.44. The highest BCUT2D eigenvalue weighted by atomic mass is 32.1. The number of benzene rings is 1. The van der Waals surface area contributed by atoms with Crippen LogP contribution in [-0.2, 0) is 17.6 Å². The molecule has 2 rings (SSSR count). The van der Waals surface area contributed by atoms with Crippen molar-refractivity contribution in [1.82, 2.24) is 10.3 Å². The van der Waals surface area contributed by atoms with Gasteiger partial charge in [0.25, 0.3) is 0 Å². The van der Waals surface area contributed by atoms with Gasteiger partial charge in [-0.25, -0.2) is 4.98 Å². The summed E-state index contributed by atoms with van der Waals surface area (Å²) in [5.74, 6) is 0.132. The van der Waals surface area contributed by atoms with Crippen molar-refractivity contribution in [2.24, 2.45) is 0 Å². The number of carbonyl (C=O) groups is 1. The second kappa shape index (κ2) is 7.80. The van der Waals surface area contributed by atoms with Crippen LogP contribution < -0.4 is 5.32 Å². The molecule has 0 saturated carbocycles. The fraction of sp³-hybridized carbons (Fsp3) is 0.375. The van der Waals surface area contributed by atoms with Crippen LogP contribution in [0.5, 0.6) is 0 Å². The van der Waals surface area contributed by atoms with Crippen LogP contribution in [0.4, 0.5) is 0 Å². The molecule has 0 atom stereocenters. The third-order valence-electron chi connectivity index (χ3n) is 3.18. The Morgan fingerprint density at radius 3 is 2.75 bits per heavy atom. The molecule has 1 aromatic carbocycles. The number of aryl methyl sites for hydroxylation is 2. The van der Waals surface area contributed by atoms with Gasteiger partial charge in [0.15, 0.2) is 0 Å². The fourth-order valence-corrected chi connectivity index (χ4v) is 2.58. The molecule has 0 fully saturated rings. The Morgan fingerprint density at radius 1 is 1.25 bits per heavy atom. The van der Waals surface area contributed by atoms with Crippen LogP contribution >= 0.6 is 11.3 Å². The summed E-state index contributed by atoms with van der Waals surface area (Å²) in [4.78, 5) is 15.9. The van der Waals surface area contributed by atoms with Crippen LogP contribution in [0.3, 0.4) is 0 Å². The average Bonchev–Trinajstić information content (AvgIpc) is 2.94. The smallest absolute Gasteiger partial charge is 0.220 e. The molecule has 0 radical (unpaired) electrons. The Balaban J connectivity index is 1.59. The second-order valence-corrected chi connectivity index (χ2v) is 5.64. The molecule has 0 aliphatic rings. The minimum absolute atomic E-state index is 0.132. The first-order valence-corrected chi connectivity index (χ1v) is 7.87. The summed E-state index contributed by atoms with van der Waals surface area (Å²) in [6.07, 6.45) is 3.25. The molecule has 20 heavy (non-hydrogen) atoms. The number of hydrogen-bond acceptors (Lipinski definition) is 3. The van der Waals surface area contributed by atoms with Crippen molar-refractivity contribution in [3.63, 3.8) is 0 Å². The highest BCUT2D eigenvalue weighted by Gasteiger charge is 2.02. The van der Waals surface area contributed by atoms with Crippen LogP contribution in [0.25, 0.3) is 0 Å². The van der Waals surface area contributed by atoms with E-state index in [1.54, 1.807) is 11.3 Å². The Hall–Kier alpha value is -1.68. The topological polar surface area (TPSA) is 42.0 Å². The highest BCUT2D eigenvalue weighted by molar-refractivity contribution is 7.07. The van der Waals surface area contributed by atoms with E-state index in [2.05, 4.69) is 41.5 Å².